The van der Waals surface area contributed by atoms with Crippen LogP contribution in [-0.4, -0.2) is 46.1 Å². The van der Waals surface area contributed by atoms with Crippen molar-refractivity contribution in [1.29, 1.82) is 0 Å². The van der Waals surface area contributed by atoms with Crippen LogP contribution < -0.4 is 0 Å². The lowest BCUT2D eigenvalue weighted by molar-refractivity contribution is -0.436. The lowest BCUT2D eigenvalue weighted by atomic mass is 10.3. The van der Waals surface area contributed by atoms with Gasteiger partial charge in [-0.15, -0.1) is 0 Å². The molecule has 0 N–H and O–H groups in total. The number of rotatable bonds is 12. The fourth-order valence-corrected chi connectivity index (χ4v) is 7.11. The molecule has 0 saturated carbocycles. The van der Waals surface area contributed by atoms with Gasteiger partial charge in [0.05, 0.1) is 18.9 Å². The van der Waals surface area contributed by atoms with Crippen LogP contribution in [0.2, 0.25) is 12.1 Å². The van der Waals surface area contributed by atoms with E-state index >= 15 is 0 Å². The second kappa shape index (κ2) is 10.9. The molecule has 0 spiro atoms. The zero-order valence-corrected chi connectivity index (χ0v) is 17.6. The van der Waals surface area contributed by atoms with Crippen molar-refractivity contribution in [2.75, 3.05) is 19.8 Å². The summed E-state index contributed by atoms with van der Waals surface area (Å²) in [5.74, 6) is -0.953. The topological polar surface area (TPSA) is 46.2 Å². The van der Waals surface area contributed by atoms with E-state index in [-0.39, 0.29) is 12.0 Å². The largest absolute Gasteiger partial charge is 0.415 e. The molecule has 1 heterocycles. The van der Waals surface area contributed by atoms with E-state index in [0.717, 1.165) is 38.0 Å². The Hall–Kier alpha value is 0.0169. The fourth-order valence-electron chi connectivity index (χ4n) is 3.38. The van der Waals surface area contributed by atoms with Crippen molar-refractivity contribution in [2.45, 2.75) is 97.3 Å². The first kappa shape index (κ1) is 22.1. The van der Waals surface area contributed by atoms with Crippen LogP contribution in [0.4, 0.5) is 0 Å². The Balaban J connectivity index is 2.82. The van der Waals surface area contributed by atoms with Gasteiger partial charge in [0.15, 0.2) is 6.29 Å². The van der Waals surface area contributed by atoms with Gasteiger partial charge in [0, 0.05) is 13.0 Å². The molecule has 1 saturated heterocycles. The van der Waals surface area contributed by atoms with Gasteiger partial charge in [0.1, 0.15) is 0 Å². The van der Waals surface area contributed by atoms with Gasteiger partial charge in [-0.3, -0.25) is 4.74 Å². The first-order chi connectivity index (χ1) is 11.5. The van der Waals surface area contributed by atoms with Crippen LogP contribution in [0.5, 0.6) is 0 Å². The molecule has 1 fully saturated rings. The molecule has 0 amide bonds. The molecule has 6 heteroatoms. The second-order valence-electron chi connectivity index (χ2n) is 6.28. The van der Waals surface area contributed by atoms with E-state index in [1.165, 1.54) is 0 Å². The highest BCUT2D eigenvalue weighted by atomic mass is 28.4. The average molecular weight is 363 g/mol. The summed E-state index contributed by atoms with van der Waals surface area (Å²) < 4.78 is 30.5. The molecule has 24 heavy (non-hydrogen) atoms. The summed E-state index contributed by atoms with van der Waals surface area (Å²) in [7, 11) is -1.94. The first-order valence-electron chi connectivity index (χ1n) is 9.80. The summed E-state index contributed by atoms with van der Waals surface area (Å²) in [6.07, 6.45) is 2.92. The maximum absolute atomic E-state index is 6.43. The van der Waals surface area contributed by atoms with Crippen molar-refractivity contribution in [3.63, 3.8) is 0 Å². The second-order valence-corrected chi connectivity index (χ2v) is 10.8. The summed E-state index contributed by atoms with van der Waals surface area (Å²) in [6, 6.07) is 2.11. The average Bonchev–Trinajstić information content (AvgIpc) is 2.64. The Morgan fingerprint density at radius 1 is 0.958 bits per heavy atom. The monoisotopic (exact) mass is 362 g/mol. The third-order valence-corrected chi connectivity index (χ3v) is 9.89. The van der Waals surface area contributed by atoms with Crippen molar-refractivity contribution >= 4 is 8.32 Å². The van der Waals surface area contributed by atoms with Crippen molar-refractivity contribution in [3.05, 3.63) is 0 Å². The van der Waals surface area contributed by atoms with Crippen molar-refractivity contribution in [1.82, 2.24) is 0 Å². The molecular weight excluding hydrogens is 324 g/mol. The van der Waals surface area contributed by atoms with E-state index < -0.39 is 14.3 Å². The molecule has 0 aromatic carbocycles. The highest BCUT2D eigenvalue weighted by Crippen LogP contribution is 2.31. The molecule has 0 aromatic heterocycles. The van der Waals surface area contributed by atoms with Gasteiger partial charge < -0.3 is 18.6 Å². The molecule has 1 aliphatic rings. The van der Waals surface area contributed by atoms with E-state index in [1.54, 1.807) is 0 Å². The molecule has 0 aliphatic carbocycles. The summed E-state index contributed by atoms with van der Waals surface area (Å²) >= 11 is 0. The van der Waals surface area contributed by atoms with Crippen LogP contribution in [0, 0.1) is 0 Å². The maximum Gasteiger partial charge on any atom is 0.284 e. The van der Waals surface area contributed by atoms with Gasteiger partial charge in [-0.25, -0.2) is 0 Å². The van der Waals surface area contributed by atoms with Crippen molar-refractivity contribution < 1.29 is 23.4 Å². The maximum atomic E-state index is 6.43. The van der Waals surface area contributed by atoms with Gasteiger partial charge in [0.2, 0.25) is 8.32 Å². The van der Waals surface area contributed by atoms with Crippen LogP contribution in [0.15, 0.2) is 0 Å². The van der Waals surface area contributed by atoms with Gasteiger partial charge in [0.25, 0.3) is 5.97 Å². The molecular formula is C18H38O5Si. The number of hydrogen-bond donors (Lipinski definition) is 0. The molecule has 0 bridgehead atoms. The first-order valence-corrected chi connectivity index (χ1v) is 12.2. The number of ether oxygens (including phenoxy) is 4. The third-order valence-electron chi connectivity index (χ3n) is 4.91. The van der Waals surface area contributed by atoms with Crippen molar-refractivity contribution in [3.8, 4) is 0 Å². The molecule has 0 aromatic rings. The Kier molecular flexibility index (Phi) is 10.0. The minimum absolute atomic E-state index is 0.120. The fraction of sp³-hybridized carbons (Fsp3) is 1.00. The lowest BCUT2D eigenvalue weighted by Crippen LogP contribution is -2.53. The standard InChI is InChI=1S/C18H38O5Si/c1-7-16(23-18(9-3)19-14-13-15-20-18)22-17(8-2)24(11-5,12-6)21-10-4/h16-17H,7-15H2,1-6H3. The van der Waals surface area contributed by atoms with Gasteiger partial charge in [-0.1, -0.05) is 34.6 Å². The van der Waals surface area contributed by atoms with Gasteiger partial charge >= 0.3 is 0 Å². The highest BCUT2D eigenvalue weighted by Gasteiger charge is 2.43. The predicted molar refractivity (Wildman–Crippen MR) is 98.2 cm³/mol. The van der Waals surface area contributed by atoms with Crippen LogP contribution in [-0.2, 0) is 23.4 Å². The van der Waals surface area contributed by atoms with E-state index in [1.807, 2.05) is 6.92 Å². The van der Waals surface area contributed by atoms with Crippen LogP contribution in [0.1, 0.15) is 67.2 Å². The summed E-state index contributed by atoms with van der Waals surface area (Å²) in [5, 5.41) is 0. The third kappa shape index (κ3) is 5.51. The highest BCUT2D eigenvalue weighted by molar-refractivity contribution is 6.75. The summed E-state index contributed by atoms with van der Waals surface area (Å²) in [4.78, 5) is 0. The van der Waals surface area contributed by atoms with Crippen LogP contribution >= 0.6 is 0 Å². The molecule has 1 rings (SSSR count). The molecule has 2 unspecified atom stereocenters. The Morgan fingerprint density at radius 2 is 1.58 bits per heavy atom. The minimum Gasteiger partial charge on any atom is -0.415 e. The Bertz CT molecular complexity index is 329. The van der Waals surface area contributed by atoms with Crippen LogP contribution in [0.3, 0.4) is 0 Å². The zero-order chi connectivity index (χ0) is 18.1. The molecule has 5 nitrogen and oxygen atoms in total. The van der Waals surface area contributed by atoms with Gasteiger partial charge in [-0.05, 0) is 38.3 Å². The van der Waals surface area contributed by atoms with E-state index in [4.69, 9.17) is 23.4 Å². The van der Waals surface area contributed by atoms with E-state index in [2.05, 4.69) is 34.6 Å². The molecule has 0 radical (unpaired) electrons. The summed E-state index contributed by atoms with van der Waals surface area (Å²) in [6.45, 7) is 14.9. The Labute approximate surface area is 149 Å². The summed E-state index contributed by atoms with van der Waals surface area (Å²) in [5.41, 5.74) is 0.120. The van der Waals surface area contributed by atoms with Gasteiger partial charge in [-0.2, -0.15) is 0 Å². The Morgan fingerprint density at radius 3 is 2.00 bits per heavy atom. The number of hydrogen-bond acceptors (Lipinski definition) is 5. The van der Waals surface area contributed by atoms with E-state index in [9.17, 15) is 0 Å². The van der Waals surface area contributed by atoms with Crippen molar-refractivity contribution in [2.24, 2.45) is 0 Å². The molecule has 1 aliphatic heterocycles. The molecule has 2 atom stereocenters. The zero-order valence-electron chi connectivity index (χ0n) is 16.6. The smallest absolute Gasteiger partial charge is 0.284 e. The molecule has 144 valence electrons. The van der Waals surface area contributed by atoms with Crippen LogP contribution in [0.25, 0.3) is 0 Å². The lowest BCUT2D eigenvalue weighted by Gasteiger charge is -2.41. The normalized spacial score (nSPS) is 20.8. The quantitative estimate of drug-likeness (QED) is 0.375. The predicted octanol–water partition coefficient (Wildman–Crippen LogP) is 4.60. The SMILES string of the molecule is CCO[Si](CC)(CC)C(CC)OC(CC)OC1(CC)OCCCO1. The van der Waals surface area contributed by atoms with E-state index in [0.29, 0.717) is 19.6 Å². The minimum atomic E-state index is -1.94.